The van der Waals surface area contributed by atoms with E-state index in [1.807, 2.05) is 12.1 Å². The molecule has 1 heterocycles. The molecule has 0 aliphatic heterocycles. The van der Waals surface area contributed by atoms with Crippen molar-refractivity contribution in [3.05, 3.63) is 64.7 Å². The molecule has 24 heavy (non-hydrogen) atoms. The number of para-hydroxylation sites is 1. The van der Waals surface area contributed by atoms with Gasteiger partial charge >= 0.3 is 5.63 Å². The number of allylic oxidation sites excluding steroid dienone is 2. The Bertz CT molecular complexity index is 1020. The highest BCUT2D eigenvalue weighted by Gasteiger charge is 2.22. The molecule has 1 aliphatic carbocycles. The van der Waals surface area contributed by atoms with E-state index < -0.39 is 5.63 Å². The number of benzene rings is 2. The Morgan fingerprint density at radius 3 is 2.71 bits per heavy atom. The molecule has 120 valence electrons. The maximum absolute atomic E-state index is 12.1. The standard InChI is InChI=1S/C19H15NO4/c1-11-9-16(11)23-12-7-8-14(17(10-12)22-2)18-20-15-6-4-3-5-13(15)19(21)24-18/h3-11H,1-2H3/t11-/m0/s1. The van der Waals surface area contributed by atoms with E-state index in [0.717, 1.165) is 5.76 Å². The summed E-state index contributed by atoms with van der Waals surface area (Å²) < 4.78 is 16.5. The Labute approximate surface area is 138 Å². The topological polar surface area (TPSA) is 61.6 Å². The summed E-state index contributed by atoms with van der Waals surface area (Å²) in [5, 5.41) is 0.454. The SMILES string of the molecule is COc1cc(OC2=C[C@@H]2C)ccc1-c1nc2ccccc2c(=O)o1. The van der Waals surface area contributed by atoms with Crippen LogP contribution < -0.4 is 15.1 Å². The van der Waals surface area contributed by atoms with Gasteiger partial charge in [-0.1, -0.05) is 19.1 Å². The molecule has 3 aromatic rings. The quantitative estimate of drug-likeness (QED) is 0.732. The van der Waals surface area contributed by atoms with E-state index in [-0.39, 0.29) is 5.89 Å². The van der Waals surface area contributed by atoms with Crippen LogP contribution in [0.5, 0.6) is 11.5 Å². The lowest BCUT2D eigenvalue weighted by atomic mass is 10.1. The van der Waals surface area contributed by atoms with Crippen molar-refractivity contribution in [2.24, 2.45) is 5.92 Å². The van der Waals surface area contributed by atoms with Crippen LogP contribution in [-0.2, 0) is 0 Å². The lowest BCUT2D eigenvalue weighted by Crippen LogP contribution is -2.03. The second kappa shape index (κ2) is 5.53. The average Bonchev–Trinajstić information content (AvgIpc) is 3.29. The summed E-state index contributed by atoms with van der Waals surface area (Å²) in [7, 11) is 1.56. The zero-order valence-corrected chi connectivity index (χ0v) is 13.3. The average molecular weight is 321 g/mol. The first-order valence-corrected chi connectivity index (χ1v) is 7.63. The van der Waals surface area contributed by atoms with Crippen LogP contribution in [0.15, 0.2) is 63.5 Å². The minimum Gasteiger partial charge on any atom is -0.496 e. The third kappa shape index (κ3) is 2.54. The maximum Gasteiger partial charge on any atom is 0.347 e. The number of fused-ring (bicyclic) bond motifs is 1. The second-order valence-corrected chi connectivity index (χ2v) is 5.65. The molecule has 2 aromatic carbocycles. The first-order chi connectivity index (χ1) is 11.7. The molecule has 0 unspecified atom stereocenters. The highest BCUT2D eigenvalue weighted by Crippen LogP contribution is 2.36. The molecule has 0 spiro atoms. The van der Waals surface area contributed by atoms with Crippen LogP contribution in [0.4, 0.5) is 0 Å². The van der Waals surface area contributed by atoms with Crippen LogP contribution in [-0.4, -0.2) is 12.1 Å². The molecule has 5 heteroatoms. The summed E-state index contributed by atoms with van der Waals surface area (Å²) in [6.45, 7) is 2.06. The molecule has 4 rings (SSSR count). The van der Waals surface area contributed by atoms with Crippen LogP contribution >= 0.6 is 0 Å². The molecular formula is C19H15NO4. The Hall–Kier alpha value is -3.08. The number of hydrogen-bond donors (Lipinski definition) is 0. The van der Waals surface area contributed by atoms with Crippen molar-refractivity contribution in [1.82, 2.24) is 4.98 Å². The molecule has 0 amide bonds. The van der Waals surface area contributed by atoms with E-state index in [9.17, 15) is 4.79 Å². The van der Waals surface area contributed by atoms with Crippen molar-refractivity contribution in [3.8, 4) is 23.0 Å². The lowest BCUT2D eigenvalue weighted by molar-refractivity contribution is 0.399. The monoisotopic (exact) mass is 321 g/mol. The molecule has 0 bridgehead atoms. The Morgan fingerprint density at radius 1 is 1.17 bits per heavy atom. The summed E-state index contributed by atoms with van der Waals surface area (Å²) in [5.41, 5.74) is 0.767. The highest BCUT2D eigenvalue weighted by molar-refractivity contribution is 5.79. The fraction of sp³-hybridized carbons (Fsp3) is 0.158. The van der Waals surface area contributed by atoms with Crippen molar-refractivity contribution >= 4 is 10.9 Å². The number of ether oxygens (including phenoxy) is 2. The molecule has 0 saturated carbocycles. The van der Waals surface area contributed by atoms with Gasteiger partial charge in [-0.3, -0.25) is 0 Å². The smallest absolute Gasteiger partial charge is 0.347 e. The summed E-state index contributed by atoms with van der Waals surface area (Å²) in [4.78, 5) is 16.6. The van der Waals surface area contributed by atoms with Crippen molar-refractivity contribution in [2.75, 3.05) is 7.11 Å². The summed E-state index contributed by atoms with van der Waals surface area (Å²) >= 11 is 0. The molecule has 0 saturated heterocycles. The first kappa shape index (κ1) is 14.5. The molecule has 1 aliphatic rings. The van der Waals surface area contributed by atoms with Crippen LogP contribution in [0.1, 0.15) is 6.92 Å². The van der Waals surface area contributed by atoms with Gasteiger partial charge in [0.15, 0.2) is 0 Å². The lowest BCUT2D eigenvalue weighted by Gasteiger charge is -2.10. The van der Waals surface area contributed by atoms with Gasteiger partial charge in [-0.05, 0) is 30.3 Å². The number of methoxy groups -OCH3 is 1. The summed E-state index contributed by atoms with van der Waals surface area (Å²) in [5.74, 6) is 2.76. The van der Waals surface area contributed by atoms with Gasteiger partial charge in [0.25, 0.3) is 0 Å². The fourth-order valence-corrected chi connectivity index (χ4v) is 2.51. The first-order valence-electron chi connectivity index (χ1n) is 7.63. The zero-order valence-electron chi connectivity index (χ0n) is 13.3. The maximum atomic E-state index is 12.1. The largest absolute Gasteiger partial charge is 0.496 e. The summed E-state index contributed by atoms with van der Waals surface area (Å²) in [6.07, 6.45) is 2.03. The van der Waals surface area contributed by atoms with Gasteiger partial charge in [0.2, 0.25) is 5.89 Å². The molecule has 1 aromatic heterocycles. The van der Waals surface area contributed by atoms with Crippen LogP contribution in [0.25, 0.3) is 22.4 Å². The van der Waals surface area contributed by atoms with E-state index in [2.05, 4.69) is 11.9 Å². The van der Waals surface area contributed by atoms with E-state index >= 15 is 0 Å². The fourth-order valence-electron chi connectivity index (χ4n) is 2.51. The van der Waals surface area contributed by atoms with E-state index in [1.54, 1.807) is 43.5 Å². The van der Waals surface area contributed by atoms with Gasteiger partial charge in [-0.25, -0.2) is 9.78 Å². The highest BCUT2D eigenvalue weighted by atomic mass is 16.5. The van der Waals surface area contributed by atoms with Gasteiger partial charge in [-0.2, -0.15) is 0 Å². The molecule has 0 radical (unpaired) electrons. The van der Waals surface area contributed by atoms with Gasteiger partial charge in [0, 0.05) is 12.0 Å². The number of hydrogen-bond acceptors (Lipinski definition) is 5. The van der Waals surface area contributed by atoms with Crippen LogP contribution in [0, 0.1) is 5.92 Å². The third-order valence-corrected chi connectivity index (χ3v) is 3.93. The number of aromatic nitrogens is 1. The Morgan fingerprint density at radius 2 is 1.96 bits per heavy atom. The van der Waals surface area contributed by atoms with Crippen molar-refractivity contribution in [2.45, 2.75) is 6.92 Å². The van der Waals surface area contributed by atoms with Crippen molar-refractivity contribution in [1.29, 1.82) is 0 Å². The van der Waals surface area contributed by atoms with Crippen LogP contribution in [0.2, 0.25) is 0 Å². The predicted octanol–water partition coefficient (Wildman–Crippen LogP) is 3.78. The van der Waals surface area contributed by atoms with Gasteiger partial charge in [0.05, 0.1) is 23.6 Å². The zero-order chi connectivity index (χ0) is 16.7. The van der Waals surface area contributed by atoms with Gasteiger partial charge in [-0.15, -0.1) is 0 Å². The molecule has 1 atom stereocenters. The number of nitrogens with zero attached hydrogens (tertiary/aromatic N) is 1. The minimum atomic E-state index is -0.421. The predicted molar refractivity (Wildman–Crippen MR) is 90.1 cm³/mol. The Balaban J connectivity index is 1.78. The van der Waals surface area contributed by atoms with Gasteiger partial charge in [0.1, 0.15) is 17.3 Å². The minimum absolute atomic E-state index is 0.223. The molecular weight excluding hydrogens is 306 g/mol. The van der Waals surface area contributed by atoms with E-state index in [0.29, 0.717) is 33.9 Å². The third-order valence-electron chi connectivity index (χ3n) is 3.93. The normalized spacial score (nSPS) is 15.9. The Kier molecular flexibility index (Phi) is 3.34. The van der Waals surface area contributed by atoms with E-state index in [4.69, 9.17) is 13.9 Å². The summed E-state index contributed by atoms with van der Waals surface area (Å²) in [6, 6.07) is 12.4. The number of rotatable bonds is 4. The second-order valence-electron chi connectivity index (χ2n) is 5.65. The van der Waals surface area contributed by atoms with E-state index in [1.165, 1.54) is 0 Å². The van der Waals surface area contributed by atoms with Crippen molar-refractivity contribution in [3.63, 3.8) is 0 Å². The van der Waals surface area contributed by atoms with Crippen LogP contribution in [0.3, 0.4) is 0 Å². The van der Waals surface area contributed by atoms with Crippen molar-refractivity contribution < 1.29 is 13.9 Å². The van der Waals surface area contributed by atoms with Gasteiger partial charge < -0.3 is 13.9 Å². The molecule has 0 fully saturated rings. The molecule has 0 N–H and O–H groups in total. The molecule has 5 nitrogen and oxygen atoms in total.